The highest BCUT2D eigenvalue weighted by Crippen LogP contribution is 2.34. The van der Waals surface area contributed by atoms with Crippen molar-refractivity contribution in [2.24, 2.45) is 0 Å². The van der Waals surface area contributed by atoms with E-state index < -0.39 is 0 Å². The topological polar surface area (TPSA) is 54.9 Å². The number of halogens is 1. The van der Waals surface area contributed by atoms with E-state index in [0.717, 1.165) is 29.0 Å². The van der Waals surface area contributed by atoms with Crippen LogP contribution in [-0.2, 0) is 0 Å². The van der Waals surface area contributed by atoms with Crippen molar-refractivity contribution in [2.75, 3.05) is 5.32 Å². The molecule has 0 aliphatic heterocycles. The molecule has 1 N–H and O–H groups in total. The Morgan fingerprint density at radius 1 is 1.13 bits per heavy atom. The van der Waals surface area contributed by atoms with Crippen LogP contribution in [0.2, 0.25) is 0 Å². The standard InChI is InChI=1S/C16H10IN3OS2/c1-8-18-13-12(22-8)7-6-11-14(13)23-16(19-11)20-15(21)9-4-2-3-5-10(9)17/h2-7H,1H3,(H,19,20,21). The molecular formula is C16H10IN3OS2. The van der Waals surface area contributed by atoms with E-state index in [9.17, 15) is 4.79 Å². The van der Waals surface area contributed by atoms with Crippen LogP contribution in [0.3, 0.4) is 0 Å². The first-order chi connectivity index (χ1) is 11.1. The first kappa shape index (κ1) is 15.0. The fourth-order valence-corrected chi connectivity index (χ4v) is 4.84. The van der Waals surface area contributed by atoms with Gasteiger partial charge in [-0.15, -0.1) is 11.3 Å². The lowest BCUT2D eigenvalue weighted by Crippen LogP contribution is -2.12. The maximum Gasteiger partial charge on any atom is 0.258 e. The lowest BCUT2D eigenvalue weighted by Gasteiger charge is -2.03. The van der Waals surface area contributed by atoms with E-state index in [-0.39, 0.29) is 5.91 Å². The number of hydrogen-bond donors (Lipinski definition) is 1. The first-order valence-corrected chi connectivity index (χ1v) is 9.55. The fraction of sp³-hybridized carbons (Fsp3) is 0.0625. The minimum atomic E-state index is -0.139. The summed E-state index contributed by atoms with van der Waals surface area (Å²) in [4.78, 5) is 21.5. The minimum absolute atomic E-state index is 0.139. The Morgan fingerprint density at radius 2 is 1.96 bits per heavy atom. The highest BCUT2D eigenvalue weighted by atomic mass is 127. The molecule has 4 aromatic rings. The molecule has 4 rings (SSSR count). The van der Waals surface area contributed by atoms with Crippen LogP contribution in [0.4, 0.5) is 5.13 Å². The Hall–Kier alpha value is -1.58. The molecule has 2 aromatic carbocycles. The zero-order chi connectivity index (χ0) is 16.0. The SMILES string of the molecule is Cc1nc2c(ccc3nc(NC(=O)c4ccccc4I)sc32)s1. The average Bonchev–Trinajstić information content (AvgIpc) is 3.09. The molecule has 0 saturated heterocycles. The highest BCUT2D eigenvalue weighted by molar-refractivity contribution is 14.1. The largest absolute Gasteiger partial charge is 0.298 e. The lowest BCUT2D eigenvalue weighted by molar-refractivity contribution is 0.102. The molecule has 114 valence electrons. The molecule has 0 radical (unpaired) electrons. The van der Waals surface area contributed by atoms with Gasteiger partial charge in [0.05, 0.1) is 25.5 Å². The number of benzene rings is 2. The normalized spacial score (nSPS) is 11.2. The second-order valence-electron chi connectivity index (χ2n) is 4.95. The van der Waals surface area contributed by atoms with Crippen molar-refractivity contribution >= 4 is 76.7 Å². The van der Waals surface area contributed by atoms with Gasteiger partial charge in [0.25, 0.3) is 5.91 Å². The van der Waals surface area contributed by atoms with Gasteiger partial charge in [-0.1, -0.05) is 23.5 Å². The molecule has 7 heteroatoms. The van der Waals surface area contributed by atoms with Gasteiger partial charge in [0.1, 0.15) is 5.52 Å². The van der Waals surface area contributed by atoms with Crippen LogP contribution < -0.4 is 5.32 Å². The summed E-state index contributed by atoms with van der Waals surface area (Å²) in [6.45, 7) is 2.00. The molecule has 0 aliphatic rings. The molecule has 0 saturated carbocycles. The quantitative estimate of drug-likeness (QED) is 0.433. The number of carbonyl (C=O) groups excluding carboxylic acids is 1. The second-order valence-corrected chi connectivity index (χ2v) is 8.34. The average molecular weight is 451 g/mol. The van der Waals surface area contributed by atoms with Gasteiger partial charge >= 0.3 is 0 Å². The van der Waals surface area contributed by atoms with Crippen molar-refractivity contribution in [3.05, 3.63) is 50.5 Å². The smallest absolute Gasteiger partial charge is 0.258 e. The molecular weight excluding hydrogens is 441 g/mol. The van der Waals surface area contributed by atoms with Crippen molar-refractivity contribution in [1.29, 1.82) is 0 Å². The Labute approximate surface area is 153 Å². The first-order valence-electron chi connectivity index (χ1n) is 6.84. The van der Waals surface area contributed by atoms with Gasteiger partial charge in [0.2, 0.25) is 0 Å². The van der Waals surface area contributed by atoms with Crippen LogP contribution in [0.25, 0.3) is 20.4 Å². The van der Waals surface area contributed by atoms with Crippen molar-refractivity contribution in [1.82, 2.24) is 9.97 Å². The molecule has 0 aliphatic carbocycles. The number of amides is 1. The Balaban J connectivity index is 1.73. The van der Waals surface area contributed by atoms with E-state index in [4.69, 9.17) is 0 Å². The molecule has 0 unspecified atom stereocenters. The maximum atomic E-state index is 12.4. The zero-order valence-corrected chi connectivity index (χ0v) is 15.8. The third-order valence-corrected chi connectivity index (χ3v) is 6.23. The zero-order valence-electron chi connectivity index (χ0n) is 12.0. The summed E-state index contributed by atoms with van der Waals surface area (Å²) in [5.74, 6) is -0.139. The summed E-state index contributed by atoms with van der Waals surface area (Å²) in [7, 11) is 0. The Bertz CT molecular complexity index is 1050. The summed E-state index contributed by atoms with van der Waals surface area (Å²) in [5.41, 5.74) is 2.49. The molecule has 0 fully saturated rings. The second kappa shape index (κ2) is 5.81. The van der Waals surface area contributed by atoms with Crippen LogP contribution in [0.5, 0.6) is 0 Å². The fourth-order valence-electron chi connectivity index (χ4n) is 2.35. The minimum Gasteiger partial charge on any atom is -0.298 e. The summed E-state index contributed by atoms with van der Waals surface area (Å²) in [6.07, 6.45) is 0. The predicted octanol–water partition coefficient (Wildman–Crippen LogP) is 5.07. The Kier molecular flexibility index (Phi) is 3.78. The van der Waals surface area contributed by atoms with Gasteiger partial charge in [-0.25, -0.2) is 9.97 Å². The summed E-state index contributed by atoms with van der Waals surface area (Å²) in [5, 5.41) is 4.53. The van der Waals surface area contributed by atoms with E-state index >= 15 is 0 Å². The molecule has 2 heterocycles. The van der Waals surface area contributed by atoms with Crippen molar-refractivity contribution < 1.29 is 4.79 Å². The number of thiazole rings is 2. The predicted molar refractivity (Wildman–Crippen MR) is 105 cm³/mol. The number of carbonyl (C=O) groups is 1. The van der Waals surface area contributed by atoms with Gasteiger partial charge in [0.15, 0.2) is 5.13 Å². The van der Waals surface area contributed by atoms with Crippen LogP contribution in [0.15, 0.2) is 36.4 Å². The van der Waals surface area contributed by atoms with Gasteiger partial charge in [-0.2, -0.15) is 0 Å². The van der Waals surface area contributed by atoms with Crippen molar-refractivity contribution in [2.45, 2.75) is 6.92 Å². The summed E-state index contributed by atoms with van der Waals surface area (Å²) >= 11 is 5.30. The van der Waals surface area contributed by atoms with Crippen LogP contribution in [0, 0.1) is 10.5 Å². The molecule has 1 amide bonds. The van der Waals surface area contributed by atoms with E-state index in [1.54, 1.807) is 11.3 Å². The van der Waals surface area contributed by atoms with E-state index in [1.165, 1.54) is 11.3 Å². The van der Waals surface area contributed by atoms with Crippen molar-refractivity contribution in [3.63, 3.8) is 0 Å². The molecule has 0 bridgehead atoms. The van der Waals surface area contributed by atoms with Crippen LogP contribution in [-0.4, -0.2) is 15.9 Å². The number of nitrogens with one attached hydrogen (secondary N) is 1. The number of aromatic nitrogens is 2. The van der Waals surface area contributed by atoms with Gasteiger partial charge in [0, 0.05) is 3.57 Å². The Morgan fingerprint density at radius 3 is 2.78 bits per heavy atom. The number of rotatable bonds is 2. The number of nitrogens with zero attached hydrogens (tertiary/aromatic N) is 2. The van der Waals surface area contributed by atoms with E-state index in [2.05, 4.69) is 37.9 Å². The third-order valence-electron chi connectivity index (χ3n) is 3.36. The maximum absolute atomic E-state index is 12.4. The molecule has 2 aromatic heterocycles. The van der Waals surface area contributed by atoms with Crippen LogP contribution in [0.1, 0.15) is 15.4 Å². The molecule has 23 heavy (non-hydrogen) atoms. The monoisotopic (exact) mass is 451 g/mol. The van der Waals surface area contributed by atoms with Gasteiger partial charge in [-0.3, -0.25) is 10.1 Å². The molecule has 0 atom stereocenters. The van der Waals surface area contributed by atoms with E-state index in [1.807, 2.05) is 43.3 Å². The van der Waals surface area contributed by atoms with Crippen molar-refractivity contribution in [3.8, 4) is 0 Å². The van der Waals surface area contributed by atoms with Gasteiger partial charge < -0.3 is 0 Å². The molecule has 0 spiro atoms. The summed E-state index contributed by atoms with van der Waals surface area (Å²) < 4.78 is 3.08. The number of aryl methyl sites for hydroxylation is 1. The highest BCUT2D eigenvalue weighted by Gasteiger charge is 2.14. The number of anilines is 1. The van der Waals surface area contributed by atoms with Gasteiger partial charge in [-0.05, 0) is 53.8 Å². The van der Waals surface area contributed by atoms with E-state index in [0.29, 0.717) is 10.7 Å². The number of hydrogen-bond acceptors (Lipinski definition) is 5. The lowest BCUT2D eigenvalue weighted by atomic mass is 10.2. The number of fused-ring (bicyclic) bond motifs is 3. The molecule has 4 nitrogen and oxygen atoms in total. The van der Waals surface area contributed by atoms with Crippen LogP contribution >= 0.6 is 45.3 Å². The summed E-state index contributed by atoms with van der Waals surface area (Å²) in [6, 6.07) is 11.5. The third kappa shape index (κ3) is 2.73.